The predicted molar refractivity (Wildman–Crippen MR) is 113 cm³/mol. The zero-order chi connectivity index (χ0) is 21.4. The Kier molecular flexibility index (Phi) is 8.24. The number of carbonyl (C=O) groups excluding carboxylic acids is 1. The average molecular weight is 419 g/mol. The highest BCUT2D eigenvalue weighted by Gasteiger charge is 2.62. The van der Waals surface area contributed by atoms with Crippen LogP contribution in [0.5, 0.6) is 0 Å². The lowest BCUT2D eigenvalue weighted by Crippen LogP contribution is -2.42. The molecule has 4 atom stereocenters. The maximum Gasteiger partial charge on any atom is 0.290 e. The van der Waals surface area contributed by atoms with E-state index in [-0.39, 0.29) is 24.6 Å². The summed E-state index contributed by atoms with van der Waals surface area (Å²) in [7, 11) is 1.56. The highest BCUT2D eigenvalue weighted by molar-refractivity contribution is 5.77. The highest BCUT2D eigenvalue weighted by Crippen LogP contribution is 2.54. The molecule has 3 fully saturated rings. The van der Waals surface area contributed by atoms with Gasteiger partial charge in [0.2, 0.25) is 5.91 Å². The van der Waals surface area contributed by atoms with Gasteiger partial charge in [0.1, 0.15) is 6.61 Å². The summed E-state index contributed by atoms with van der Waals surface area (Å²) < 4.78 is 11.4. The maximum atomic E-state index is 11.8. The third kappa shape index (κ3) is 5.39. The molecule has 1 amide bonds. The van der Waals surface area contributed by atoms with E-state index in [4.69, 9.17) is 19.4 Å². The normalized spacial score (nSPS) is 29.2. The molecular weight excluding hydrogens is 384 g/mol. The van der Waals surface area contributed by atoms with Crippen molar-refractivity contribution >= 4 is 12.4 Å². The van der Waals surface area contributed by atoms with Crippen molar-refractivity contribution in [2.45, 2.75) is 43.8 Å². The van der Waals surface area contributed by atoms with Gasteiger partial charge < -0.3 is 24.8 Å². The molecule has 3 aliphatic heterocycles. The minimum absolute atomic E-state index is 0.0231. The van der Waals surface area contributed by atoms with Crippen molar-refractivity contribution in [3.05, 3.63) is 35.9 Å². The molecule has 0 aromatic heterocycles. The van der Waals surface area contributed by atoms with Gasteiger partial charge in [0, 0.05) is 38.6 Å². The predicted octanol–water partition coefficient (Wildman–Crippen LogP) is 1.95. The number of aryl methyl sites for hydroxylation is 1. The number of hydrogen-bond acceptors (Lipinski definition) is 5. The van der Waals surface area contributed by atoms with Crippen molar-refractivity contribution in [1.82, 2.24) is 10.2 Å². The third-order valence-electron chi connectivity index (χ3n) is 6.70. The Morgan fingerprint density at radius 3 is 2.87 bits per heavy atom. The van der Waals surface area contributed by atoms with E-state index in [9.17, 15) is 4.79 Å². The van der Waals surface area contributed by atoms with E-state index >= 15 is 0 Å². The van der Waals surface area contributed by atoms with E-state index in [1.54, 1.807) is 7.11 Å². The summed E-state index contributed by atoms with van der Waals surface area (Å²) in [4.78, 5) is 22.7. The fourth-order valence-corrected chi connectivity index (χ4v) is 5.45. The van der Waals surface area contributed by atoms with Crippen LogP contribution in [0.15, 0.2) is 30.3 Å². The molecule has 3 heterocycles. The van der Waals surface area contributed by atoms with Gasteiger partial charge in [-0.1, -0.05) is 30.3 Å². The zero-order valence-corrected chi connectivity index (χ0v) is 17.8. The summed E-state index contributed by atoms with van der Waals surface area (Å²) in [6.07, 6.45) is 6.29. The fraction of sp³-hybridized carbons (Fsp3) is 0.652. The second-order valence-electron chi connectivity index (χ2n) is 8.55. The summed E-state index contributed by atoms with van der Waals surface area (Å²) in [5.41, 5.74) is 1.49. The van der Waals surface area contributed by atoms with Gasteiger partial charge in [0.05, 0.1) is 11.7 Å². The van der Waals surface area contributed by atoms with Gasteiger partial charge in [0.25, 0.3) is 6.47 Å². The van der Waals surface area contributed by atoms with Gasteiger partial charge in [-0.3, -0.25) is 9.59 Å². The molecule has 7 heteroatoms. The molecular formula is C23H34N2O5. The van der Waals surface area contributed by atoms with Crippen LogP contribution in [0.1, 0.15) is 31.2 Å². The molecule has 166 valence electrons. The maximum absolute atomic E-state index is 11.8. The zero-order valence-electron chi connectivity index (χ0n) is 17.8. The molecule has 1 spiro atoms. The SMILES string of the molecule is COCC(=O)NC[C@H]1[C@H]2CN(CCCCc3ccccc3)C[C@]23CC[C@H]1O3.O=CO. The first-order chi connectivity index (χ1) is 14.6. The average Bonchev–Trinajstić information content (AvgIpc) is 3.39. The first-order valence-corrected chi connectivity index (χ1v) is 10.9. The minimum atomic E-state index is -0.250. The van der Waals surface area contributed by atoms with Crippen molar-refractivity contribution in [2.75, 3.05) is 39.9 Å². The van der Waals surface area contributed by atoms with Crippen LogP contribution >= 0.6 is 0 Å². The Morgan fingerprint density at radius 1 is 1.37 bits per heavy atom. The number of nitrogens with zero attached hydrogens (tertiary/aromatic N) is 1. The smallest absolute Gasteiger partial charge is 0.290 e. The monoisotopic (exact) mass is 418 g/mol. The topological polar surface area (TPSA) is 88.1 Å². The fourth-order valence-electron chi connectivity index (χ4n) is 5.45. The van der Waals surface area contributed by atoms with Gasteiger partial charge in [-0.05, 0) is 44.2 Å². The molecule has 2 bridgehead atoms. The molecule has 0 aliphatic carbocycles. The molecule has 0 unspecified atom stereocenters. The summed E-state index contributed by atoms with van der Waals surface area (Å²) in [6, 6.07) is 10.8. The van der Waals surface area contributed by atoms with Crippen LogP contribution in [-0.2, 0) is 25.5 Å². The van der Waals surface area contributed by atoms with E-state index in [0.717, 1.165) is 39.0 Å². The second kappa shape index (κ2) is 10.9. The molecule has 3 aliphatic rings. The van der Waals surface area contributed by atoms with Crippen LogP contribution in [0.2, 0.25) is 0 Å². The number of amides is 1. The molecule has 7 nitrogen and oxygen atoms in total. The van der Waals surface area contributed by atoms with Gasteiger partial charge in [0.15, 0.2) is 0 Å². The van der Waals surface area contributed by atoms with E-state index in [2.05, 4.69) is 40.5 Å². The number of rotatable bonds is 9. The van der Waals surface area contributed by atoms with Crippen molar-refractivity contribution in [3.63, 3.8) is 0 Å². The number of benzene rings is 1. The second-order valence-corrected chi connectivity index (χ2v) is 8.55. The Balaban J connectivity index is 0.000000806. The molecule has 30 heavy (non-hydrogen) atoms. The molecule has 3 saturated heterocycles. The standard InChI is InChI=1S/C22H32N2O3.CH2O2/c1-26-15-21(25)23-13-18-19-14-24(16-22(19)11-10-20(18)27-22)12-6-5-9-17-7-3-2-4-8-17;2-1-3/h2-4,7-8,18-20H,5-6,9-16H2,1H3,(H,23,25);1H,(H,2,3)/t18-,19+,20+,22+;/m0./s1. The Morgan fingerprint density at radius 2 is 2.13 bits per heavy atom. The number of ether oxygens (including phenoxy) is 2. The van der Waals surface area contributed by atoms with E-state index in [0.29, 0.717) is 17.9 Å². The van der Waals surface area contributed by atoms with E-state index in [1.165, 1.54) is 24.8 Å². The van der Waals surface area contributed by atoms with Gasteiger partial charge in [-0.15, -0.1) is 0 Å². The molecule has 1 aromatic carbocycles. The van der Waals surface area contributed by atoms with Crippen LogP contribution < -0.4 is 5.32 Å². The highest BCUT2D eigenvalue weighted by atomic mass is 16.5. The lowest BCUT2D eigenvalue weighted by Gasteiger charge is -2.29. The summed E-state index contributed by atoms with van der Waals surface area (Å²) in [5.74, 6) is 0.993. The Labute approximate surface area is 178 Å². The number of unbranched alkanes of at least 4 members (excludes halogenated alkanes) is 1. The number of hydrogen-bond donors (Lipinski definition) is 2. The van der Waals surface area contributed by atoms with Gasteiger partial charge in [-0.25, -0.2) is 0 Å². The van der Waals surface area contributed by atoms with Crippen LogP contribution in [0.4, 0.5) is 0 Å². The Hall–Kier alpha value is -1.96. The number of nitrogens with one attached hydrogen (secondary N) is 1. The van der Waals surface area contributed by atoms with Gasteiger partial charge >= 0.3 is 0 Å². The third-order valence-corrected chi connectivity index (χ3v) is 6.70. The van der Waals surface area contributed by atoms with E-state index < -0.39 is 0 Å². The first kappa shape index (κ1) is 22.7. The van der Waals surface area contributed by atoms with Gasteiger partial charge in [-0.2, -0.15) is 0 Å². The summed E-state index contributed by atoms with van der Waals surface area (Å²) in [5, 5.41) is 9.93. The number of fused-ring (bicyclic) bond motifs is 1. The molecule has 1 aromatic rings. The largest absolute Gasteiger partial charge is 0.483 e. The van der Waals surface area contributed by atoms with Crippen LogP contribution in [0.3, 0.4) is 0 Å². The van der Waals surface area contributed by atoms with E-state index in [1.807, 2.05) is 0 Å². The number of carboxylic acid groups (broad SMARTS) is 1. The number of carbonyl (C=O) groups is 2. The molecule has 2 N–H and O–H groups in total. The molecule has 0 saturated carbocycles. The Bertz CT molecular complexity index is 685. The van der Waals surface area contributed by atoms with Crippen molar-refractivity contribution in [3.8, 4) is 0 Å². The lowest BCUT2D eigenvalue weighted by atomic mass is 9.73. The van der Waals surface area contributed by atoms with Crippen LogP contribution in [-0.4, -0.2) is 74.0 Å². The lowest BCUT2D eigenvalue weighted by molar-refractivity contribution is -0.125. The van der Waals surface area contributed by atoms with Crippen LogP contribution in [0, 0.1) is 11.8 Å². The summed E-state index contributed by atoms with van der Waals surface area (Å²) in [6.45, 7) is 3.96. The molecule has 4 rings (SSSR count). The quantitative estimate of drug-likeness (QED) is 0.471. The van der Waals surface area contributed by atoms with Crippen LogP contribution in [0.25, 0.3) is 0 Å². The number of likely N-dealkylation sites (tertiary alicyclic amines) is 1. The number of methoxy groups -OCH3 is 1. The van der Waals surface area contributed by atoms with Crippen molar-refractivity contribution < 1.29 is 24.2 Å². The van der Waals surface area contributed by atoms with Crippen molar-refractivity contribution in [1.29, 1.82) is 0 Å². The minimum Gasteiger partial charge on any atom is -0.483 e. The molecule has 0 radical (unpaired) electrons. The first-order valence-electron chi connectivity index (χ1n) is 10.9. The summed E-state index contributed by atoms with van der Waals surface area (Å²) >= 11 is 0. The van der Waals surface area contributed by atoms with Crippen molar-refractivity contribution in [2.24, 2.45) is 11.8 Å².